The summed E-state index contributed by atoms with van der Waals surface area (Å²) in [4.78, 5) is 0.231. The van der Waals surface area contributed by atoms with Gasteiger partial charge < -0.3 is 0 Å². The summed E-state index contributed by atoms with van der Waals surface area (Å²) in [6, 6.07) is 4.74. The van der Waals surface area contributed by atoms with E-state index >= 15 is 0 Å². The maximum Gasteiger partial charge on any atom is 0.243 e. The fourth-order valence-corrected chi connectivity index (χ4v) is 4.34. The highest BCUT2D eigenvalue weighted by Gasteiger charge is 2.25. The van der Waals surface area contributed by atoms with E-state index < -0.39 is 10.0 Å². The number of hydrogen-bond acceptors (Lipinski definition) is 2. The minimum Gasteiger partial charge on any atom is -0.207 e. The van der Waals surface area contributed by atoms with Crippen molar-refractivity contribution < 1.29 is 8.42 Å². The van der Waals surface area contributed by atoms with Crippen molar-refractivity contribution in [1.82, 2.24) is 4.31 Å². The smallest absolute Gasteiger partial charge is 0.207 e. The third kappa shape index (κ3) is 4.59. The van der Waals surface area contributed by atoms with Gasteiger partial charge in [0.1, 0.15) is 0 Å². The van der Waals surface area contributed by atoms with Crippen LogP contribution in [0.3, 0.4) is 0 Å². The molecule has 1 rings (SSSR count). The van der Waals surface area contributed by atoms with Crippen LogP contribution in [0.4, 0.5) is 0 Å². The number of sulfonamides is 1. The van der Waals surface area contributed by atoms with Gasteiger partial charge in [-0.15, -0.1) is 11.6 Å². The standard InChI is InChI=1S/C15H23Cl2NO2S/c1-4-12(5-2)11-18(6-3)21(19,20)14-8-7-13(10-16)15(17)9-14/h7-9,12H,4-6,10-11H2,1-3H3. The second-order valence-electron chi connectivity index (χ2n) is 5.03. The van der Waals surface area contributed by atoms with E-state index in [4.69, 9.17) is 23.2 Å². The van der Waals surface area contributed by atoms with E-state index in [0.29, 0.717) is 24.0 Å². The normalized spacial score (nSPS) is 12.3. The molecule has 6 heteroatoms. The van der Waals surface area contributed by atoms with Crippen LogP contribution in [0, 0.1) is 5.92 Å². The Morgan fingerprint density at radius 2 is 1.81 bits per heavy atom. The second kappa shape index (κ2) is 8.37. The first-order valence-electron chi connectivity index (χ1n) is 7.25. The molecule has 0 atom stereocenters. The first kappa shape index (κ1) is 18.8. The van der Waals surface area contributed by atoms with Gasteiger partial charge in [-0.1, -0.05) is 51.3 Å². The molecule has 1 aromatic rings. The Balaban J connectivity index is 3.09. The quantitative estimate of drug-likeness (QED) is 0.645. The van der Waals surface area contributed by atoms with E-state index in [1.54, 1.807) is 12.1 Å². The van der Waals surface area contributed by atoms with Gasteiger partial charge in [-0.2, -0.15) is 4.31 Å². The molecule has 0 spiro atoms. The predicted molar refractivity (Wildman–Crippen MR) is 89.5 cm³/mol. The summed E-state index contributed by atoms with van der Waals surface area (Å²) in [6.07, 6.45) is 1.93. The van der Waals surface area contributed by atoms with Gasteiger partial charge in [-0.3, -0.25) is 0 Å². The van der Waals surface area contributed by atoms with Gasteiger partial charge in [0.2, 0.25) is 10.0 Å². The predicted octanol–water partition coefficient (Wildman–Crippen LogP) is 4.53. The third-order valence-corrected chi connectivity index (χ3v) is 6.35. The molecule has 0 saturated carbocycles. The molecule has 0 radical (unpaired) electrons. The molecule has 0 unspecified atom stereocenters. The number of alkyl halides is 1. The summed E-state index contributed by atoms with van der Waals surface area (Å²) in [6.45, 7) is 7.02. The highest BCUT2D eigenvalue weighted by molar-refractivity contribution is 7.89. The van der Waals surface area contributed by atoms with Crippen LogP contribution in [0.25, 0.3) is 0 Å². The molecule has 0 aliphatic rings. The van der Waals surface area contributed by atoms with Gasteiger partial charge in [0, 0.05) is 24.0 Å². The van der Waals surface area contributed by atoms with Crippen LogP contribution in [-0.2, 0) is 15.9 Å². The van der Waals surface area contributed by atoms with E-state index in [1.807, 2.05) is 6.92 Å². The molecular weight excluding hydrogens is 329 g/mol. The summed E-state index contributed by atoms with van der Waals surface area (Å²) >= 11 is 11.8. The van der Waals surface area contributed by atoms with Crippen LogP contribution in [0.1, 0.15) is 39.2 Å². The molecule has 0 saturated heterocycles. The lowest BCUT2D eigenvalue weighted by molar-refractivity contribution is 0.339. The van der Waals surface area contributed by atoms with Crippen molar-refractivity contribution in [3.63, 3.8) is 0 Å². The fraction of sp³-hybridized carbons (Fsp3) is 0.600. The van der Waals surface area contributed by atoms with Gasteiger partial charge in [-0.25, -0.2) is 8.42 Å². The minimum absolute atomic E-state index is 0.231. The molecule has 0 heterocycles. The SMILES string of the molecule is CCC(CC)CN(CC)S(=O)(=O)c1ccc(CCl)c(Cl)c1. The lowest BCUT2D eigenvalue weighted by atomic mass is 10.0. The van der Waals surface area contributed by atoms with Crippen LogP contribution in [0.2, 0.25) is 5.02 Å². The molecule has 120 valence electrons. The first-order valence-corrected chi connectivity index (χ1v) is 9.60. The van der Waals surface area contributed by atoms with Crippen LogP contribution in [-0.4, -0.2) is 25.8 Å². The molecule has 0 amide bonds. The van der Waals surface area contributed by atoms with E-state index in [2.05, 4.69) is 13.8 Å². The Labute approximate surface area is 138 Å². The largest absolute Gasteiger partial charge is 0.243 e. The van der Waals surface area contributed by atoms with Crippen molar-refractivity contribution in [2.75, 3.05) is 13.1 Å². The Morgan fingerprint density at radius 3 is 2.24 bits per heavy atom. The van der Waals surface area contributed by atoms with Crippen LogP contribution in [0.15, 0.2) is 23.1 Å². The Morgan fingerprint density at radius 1 is 1.19 bits per heavy atom. The summed E-state index contributed by atoms with van der Waals surface area (Å²) in [5, 5.41) is 0.393. The average molecular weight is 352 g/mol. The molecule has 21 heavy (non-hydrogen) atoms. The maximum atomic E-state index is 12.7. The number of hydrogen-bond donors (Lipinski definition) is 0. The van der Waals surface area contributed by atoms with Crippen molar-refractivity contribution in [2.24, 2.45) is 5.92 Å². The molecule has 0 aromatic heterocycles. The van der Waals surface area contributed by atoms with Crippen LogP contribution in [0.5, 0.6) is 0 Å². The summed E-state index contributed by atoms with van der Waals surface area (Å²) in [7, 11) is -3.51. The summed E-state index contributed by atoms with van der Waals surface area (Å²) in [5.74, 6) is 0.641. The zero-order valence-corrected chi connectivity index (χ0v) is 15.1. The lowest BCUT2D eigenvalue weighted by Gasteiger charge is -2.25. The molecule has 0 N–H and O–H groups in total. The van der Waals surface area contributed by atoms with Crippen molar-refractivity contribution >= 4 is 33.2 Å². The molecule has 1 aromatic carbocycles. The highest BCUT2D eigenvalue weighted by Crippen LogP contribution is 2.25. The van der Waals surface area contributed by atoms with E-state index in [0.717, 1.165) is 18.4 Å². The minimum atomic E-state index is -3.51. The van der Waals surface area contributed by atoms with Crippen LogP contribution >= 0.6 is 23.2 Å². The topological polar surface area (TPSA) is 37.4 Å². The molecule has 0 fully saturated rings. The number of benzene rings is 1. The van der Waals surface area contributed by atoms with Gasteiger partial charge in [0.25, 0.3) is 0 Å². The van der Waals surface area contributed by atoms with Gasteiger partial charge in [-0.05, 0) is 23.6 Å². The second-order valence-corrected chi connectivity index (χ2v) is 7.64. The van der Waals surface area contributed by atoms with Crippen molar-refractivity contribution in [3.8, 4) is 0 Å². The Bertz CT molecular complexity index is 557. The van der Waals surface area contributed by atoms with Gasteiger partial charge in [0.15, 0.2) is 0 Å². The highest BCUT2D eigenvalue weighted by atomic mass is 35.5. The maximum absolute atomic E-state index is 12.7. The summed E-state index contributed by atoms with van der Waals surface area (Å²) < 4.78 is 27.0. The third-order valence-electron chi connectivity index (χ3n) is 3.78. The van der Waals surface area contributed by atoms with Gasteiger partial charge >= 0.3 is 0 Å². The van der Waals surface area contributed by atoms with E-state index in [9.17, 15) is 8.42 Å². The van der Waals surface area contributed by atoms with Crippen molar-refractivity contribution in [3.05, 3.63) is 28.8 Å². The lowest BCUT2D eigenvalue weighted by Crippen LogP contribution is -2.35. The van der Waals surface area contributed by atoms with Crippen LogP contribution < -0.4 is 0 Å². The zero-order valence-electron chi connectivity index (χ0n) is 12.8. The molecule has 3 nitrogen and oxygen atoms in total. The molecular formula is C15H23Cl2NO2S. The summed E-state index contributed by atoms with van der Waals surface area (Å²) in [5.41, 5.74) is 0.736. The molecule has 0 aliphatic heterocycles. The zero-order chi connectivity index (χ0) is 16.0. The average Bonchev–Trinajstić information content (AvgIpc) is 2.48. The number of rotatable bonds is 8. The molecule has 0 bridgehead atoms. The Hall–Kier alpha value is -0.290. The van der Waals surface area contributed by atoms with Crippen molar-refractivity contribution in [1.29, 1.82) is 0 Å². The van der Waals surface area contributed by atoms with E-state index in [-0.39, 0.29) is 10.8 Å². The van der Waals surface area contributed by atoms with E-state index in [1.165, 1.54) is 10.4 Å². The number of halogens is 2. The first-order chi connectivity index (χ1) is 9.90. The van der Waals surface area contributed by atoms with Gasteiger partial charge in [0.05, 0.1) is 4.90 Å². The van der Waals surface area contributed by atoms with Crippen molar-refractivity contribution in [2.45, 2.75) is 44.4 Å². The number of nitrogens with zero attached hydrogens (tertiary/aromatic N) is 1. The monoisotopic (exact) mass is 351 g/mol. The molecule has 0 aliphatic carbocycles. The Kier molecular flexibility index (Phi) is 7.48. The fourth-order valence-electron chi connectivity index (χ4n) is 2.18.